The molecule has 70 valence electrons. The first-order valence-corrected chi connectivity index (χ1v) is 3.45. The third-order valence-corrected chi connectivity index (χ3v) is 1.42. The van der Waals surface area contributed by atoms with E-state index in [9.17, 15) is 13.6 Å². The Morgan fingerprint density at radius 2 is 2.00 bits per heavy atom. The van der Waals surface area contributed by atoms with Gasteiger partial charge in [0.25, 0.3) is 0 Å². The van der Waals surface area contributed by atoms with Gasteiger partial charge in [-0.1, -0.05) is 0 Å². The minimum absolute atomic E-state index is 0. The zero-order valence-electron chi connectivity index (χ0n) is 6.50. The molecule has 0 bridgehead atoms. The van der Waals surface area contributed by atoms with Crippen LogP contribution in [0.1, 0.15) is 10.4 Å². The summed E-state index contributed by atoms with van der Waals surface area (Å²) in [6.45, 7) is 0. The van der Waals surface area contributed by atoms with Crippen LogP contribution in [-0.4, -0.2) is 40.4 Å². The number of aliphatic hydroxyl groups is 1. The van der Waals surface area contributed by atoms with Crippen molar-refractivity contribution in [1.29, 1.82) is 0 Å². The van der Waals surface area contributed by atoms with E-state index in [4.69, 9.17) is 5.11 Å². The summed E-state index contributed by atoms with van der Waals surface area (Å²) in [5.74, 6) is -2.29. The second-order valence-electron chi connectivity index (χ2n) is 2.30. The van der Waals surface area contributed by atoms with E-state index in [0.717, 1.165) is 24.3 Å². The summed E-state index contributed by atoms with van der Waals surface area (Å²) in [6, 6.07) is 2.54. The van der Waals surface area contributed by atoms with Crippen molar-refractivity contribution >= 4 is 35.3 Å². The molecule has 0 aromatic heterocycles. The summed E-state index contributed by atoms with van der Waals surface area (Å²) in [5.41, 5.74) is -0.398. The number of benzene rings is 1. The van der Waals surface area contributed by atoms with E-state index in [-0.39, 0.29) is 29.6 Å². The van der Waals surface area contributed by atoms with E-state index >= 15 is 0 Å². The number of hydrogen-bond acceptors (Lipinski definition) is 2. The Bertz CT molecular complexity index is 364. The summed E-state index contributed by atoms with van der Waals surface area (Å²) in [4.78, 5) is 11.0. The molecule has 0 heterocycles. The first kappa shape index (κ1) is 13.3. The molecule has 1 rings (SSSR count). The predicted molar refractivity (Wildman–Crippen MR) is 49.6 cm³/mol. The van der Waals surface area contributed by atoms with Crippen molar-refractivity contribution in [1.82, 2.24) is 0 Å². The van der Waals surface area contributed by atoms with Crippen molar-refractivity contribution in [2.24, 2.45) is 0 Å². The molecule has 14 heavy (non-hydrogen) atoms. The molecule has 0 fully saturated rings. The van der Waals surface area contributed by atoms with Crippen molar-refractivity contribution in [3.05, 3.63) is 47.7 Å². The van der Waals surface area contributed by atoms with Crippen LogP contribution in [0.3, 0.4) is 0 Å². The van der Waals surface area contributed by atoms with Crippen molar-refractivity contribution in [2.45, 2.75) is 0 Å². The zero-order valence-corrected chi connectivity index (χ0v) is 6.50. The van der Waals surface area contributed by atoms with Gasteiger partial charge in [-0.15, -0.1) is 0 Å². The predicted octanol–water partition coefficient (Wildman–Crippen LogP) is 1.57. The first-order valence-electron chi connectivity index (χ1n) is 3.45. The van der Waals surface area contributed by atoms with Gasteiger partial charge in [-0.2, -0.15) is 0 Å². The van der Waals surface area contributed by atoms with Gasteiger partial charge in [0, 0.05) is 6.08 Å². The molecular formula is C9H7F2NaO2. The average Bonchev–Trinajstić information content (AvgIpc) is 2.09. The maximum atomic E-state index is 12.8. The number of carbonyl (C=O) groups is 1. The second kappa shape index (κ2) is 5.90. The number of aliphatic hydroxyl groups excluding tert-OH is 1. The molecule has 0 aliphatic heterocycles. The van der Waals surface area contributed by atoms with Crippen LogP contribution in [0, 0.1) is 11.6 Å². The zero-order chi connectivity index (χ0) is 9.84. The number of hydrogen-bond donors (Lipinski definition) is 1. The Morgan fingerprint density at radius 1 is 1.36 bits per heavy atom. The molecule has 0 atom stereocenters. The molecule has 0 aliphatic carbocycles. The second-order valence-corrected chi connectivity index (χ2v) is 2.30. The van der Waals surface area contributed by atoms with Gasteiger partial charge in [-0.3, -0.25) is 4.79 Å². The van der Waals surface area contributed by atoms with Crippen LogP contribution in [0.15, 0.2) is 30.5 Å². The fourth-order valence-electron chi connectivity index (χ4n) is 0.844. The van der Waals surface area contributed by atoms with Crippen molar-refractivity contribution < 1.29 is 18.7 Å². The molecule has 1 aromatic rings. The summed E-state index contributed by atoms with van der Waals surface area (Å²) in [5, 5.41) is 8.24. The first-order chi connectivity index (χ1) is 6.15. The Morgan fingerprint density at radius 3 is 2.57 bits per heavy atom. The third-order valence-electron chi connectivity index (χ3n) is 1.42. The SMILES string of the molecule is O=C(C=CO)c1cc(F)ccc1F.[NaH]. The number of rotatable bonds is 2. The monoisotopic (exact) mass is 208 g/mol. The normalized spacial score (nSPS) is 9.86. The summed E-state index contributed by atoms with van der Waals surface area (Å²) in [7, 11) is 0. The molecule has 0 radical (unpaired) electrons. The van der Waals surface area contributed by atoms with Gasteiger partial charge in [0.1, 0.15) is 11.6 Å². The fourth-order valence-corrected chi connectivity index (χ4v) is 0.844. The molecule has 1 N–H and O–H groups in total. The number of allylic oxidation sites excluding steroid dienone is 1. The molecule has 0 unspecified atom stereocenters. The van der Waals surface area contributed by atoms with E-state index < -0.39 is 23.0 Å². The standard InChI is InChI=1S/C9H6F2O2.Na.H/c10-6-1-2-8(11)7(5-6)9(13)3-4-12;;/h1-5,12H;;. The van der Waals surface area contributed by atoms with E-state index in [2.05, 4.69) is 0 Å². The van der Waals surface area contributed by atoms with E-state index in [1.165, 1.54) is 0 Å². The number of ketones is 1. The van der Waals surface area contributed by atoms with Gasteiger partial charge in [0.15, 0.2) is 5.78 Å². The average molecular weight is 208 g/mol. The van der Waals surface area contributed by atoms with Gasteiger partial charge in [0.05, 0.1) is 11.8 Å². The summed E-state index contributed by atoms with van der Waals surface area (Å²) >= 11 is 0. The molecule has 0 amide bonds. The molecular weight excluding hydrogens is 201 g/mol. The van der Waals surface area contributed by atoms with Crippen molar-refractivity contribution in [3.63, 3.8) is 0 Å². The van der Waals surface area contributed by atoms with Gasteiger partial charge >= 0.3 is 29.6 Å². The Kier molecular flexibility index (Phi) is 5.60. The Labute approximate surface area is 102 Å². The fraction of sp³-hybridized carbons (Fsp3) is 0. The van der Waals surface area contributed by atoms with E-state index in [1.807, 2.05) is 0 Å². The molecule has 0 saturated carbocycles. The van der Waals surface area contributed by atoms with Crippen molar-refractivity contribution in [2.75, 3.05) is 0 Å². The molecule has 0 saturated heterocycles. The van der Waals surface area contributed by atoms with Crippen LogP contribution in [0.2, 0.25) is 0 Å². The molecule has 0 spiro atoms. The maximum absolute atomic E-state index is 12.8. The van der Waals surface area contributed by atoms with E-state index in [1.54, 1.807) is 0 Å². The summed E-state index contributed by atoms with van der Waals surface area (Å²) < 4.78 is 25.4. The van der Waals surface area contributed by atoms with Gasteiger partial charge in [0.2, 0.25) is 0 Å². The molecule has 0 aliphatic rings. The quantitative estimate of drug-likeness (QED) is 0.346. The van der Waals surface area contributed by atoms with Crippen LogP contribution in [0.5, 0.6) is 0 Å². The Hall–Kier alpha value is -0.710. The molecule has 5 heteroatoms. The topological polar surface area (TPSA) is 37.3 Å². The van der Waals surface area contributed by atoms with E-state index in [0.29, 0.717) is 6.26 Å². The van der Waals surface area contributed by atoms with Crippen LogP contribution < -0.4 is 0 Å². The number of carbonyl (C=O) groups excluding carboxylic acids is 1. The van der Waals surface area contributed by atoms with Crippen LogP contribution in [0.25, 0.3) is 0 Å². The van der Waals surface area contributed by atoms with Gasteiger partial charge in [-0.25, -0.2) is 8.78 Å². The van der Waals surface area contributed by atoms with Crippen LogP contribution >= 0.6 is 0 Å². The number of halogens is 2. The van der Waals surface area contributed by atoms with Crippen molar-refractivity contribution in [3.8, 4) is 0 Å². The van der Waals surface area contributed by atoms with Crippen LogP contribution in [-0.2, 0) is 0 Å². The molecule has 1 aromatic carbocycles. The van der Waals surface area contributed by atoms with Gasteiger partial charge in [-0.05, 0) is 18.2 Å². The van der Waals surface area contributed by atoms with Gasteiger partial charge < -0.3 is 5.11 Å². The minimum atomic E-state index is -0.815. The third kappa shape index (κ3) is 3.21. The summed E-state index contributed by atoms with van der Waals surface area (Å²) in [6.07, 6.45) is 1.23. The van der Waals surface area contributed by atoms with Crippen LogP contribution in [0.4, 0.5) is 8.78 Å². The Balaban J connectivity index is 0.00000169. The molecule has 2 nitrogen and oxygen atoms in total.